The van der Waals surface area contributed by atoms with Crippen molar-refractivity contribution in [3.8, 4) is 0 Å². The molecule has 0 aromatic carbocycles. The molecule has 6 heteroatoms. The van der Waals surface area contributed by atoms with E-state index >= 15 is 0 Å². The minimum absolute atomic E-state index is 0.00948. The first kappa shape index (κ1) is 70.6. The third-order valence-electron chi connectivity index (χ3n) is 15.6. The predicted octanol–water partition coefficient (Wildman–Crippen LogP) is 20.8. The van der Waals surface area contributed by atoms with E-state index in [0.29, 0.717) is 25.9 Å². The van der Waals surface area contributed by atoms with Crippen molar-refractivity contribution in [1.82, 2.24) is 5.32 Å². The maximum absolute atomic E-state index is 12.5. The van der Waals surface area contributed by atoms with Crippen LogP contribution in [0.5, 0.6) is 0 Å². The second kappa shape index (κ2) is 62.1. The summed E-state index contributed by atoms with van der Waals surface area (Å²) < 4.78 is 5.48. The van der Waals surface area contributed by atoms with E-state index in [1.165, 1.54) is 295 Å². The lowest BCUT2D eigenvalue weighted by Crippen LogP contribution is -2.45. The van der Waals surface area contributed by atoms with Gasteiger partial charge in [0.05, 0.1) is 25.4 Å². The van der Waals surface area contributed by atoms with Crippen molar-refractivity contribution >= 4 is 11.9 Å². The molecule has 428 valence electrons. The first-order valence-corrected chi connectivity index (χ1v) is 32.9. The smallest absolute Gasteiger partial charge is 0.305 e. The lowest BCUT2D eigenvalue weighted by atomic mass is 10.0. The van der Waals surface area contributed by atoms with Crippen molar-refractivity contribution in [3.63, 3.8) is 0 Å². The van der Waals surface area contributed by atoms with Crippen molar-refractivity contribution < 1.29 is 24.5 Å². The summed E-state index contributed by atoms with van der Waals surface area (Å²) in [5.74, 6) is -0.0199. The number of aliphatic hydroxyl groups is 2. The van der Waals surface area contributed by atoms with Crippen molar-refractivity contribution in [1.29, 1.82) is 0 Å². The minimum atomic E-state index is -0.661. The van der Waals surface area contributed by atoms with Gasteiger partial charge in [-0.1, -0.05) is 321 Å². The first-order chi connectivity index (χ1) is 35.5. The highest BCUT2D eigenvalue weighted by molar-refractivity contribution is 5.76. The Balaban J connectivity index is 3.34. The van der Waals surface area contributed by atoms with E-state index in [-0.39, 0.29) is 18.5 Å². The number of ether oxygens (including phenoxy) is 1. The Morgan fingerprint density at radius 1 is 0.375 bits per heavy atom. The molecule has 0 aromatic heterocycles. The van der Waals surface area contributed by atoms with E-state index in [9.17, 15) is 19.8 Å². The number of aliphatic hydroxyl groups excluding tert-OH is 2. The fourth-order valence-corrected chi connectivity index (χ4v) is 10.5. The van der Waals surface area contributed by atoms with E-state index in [2.05, 4.69) is 31.3 Å². The van der Waals surface area contributed by atoms with Crippen LogP contribution in [-0.4, -0.2) is 47.4 Å². The quantitative estimate of drug-likeness (QED) is 0.0320. The van der Waals surface area contributed by atoms with Crippen LogP contribution in [0.4, 0.5) is 0 Å². The fourth-order valence-electron chi connectivity index (χ4n) is 10.5. The van der Waals surface area contributed by atoms with Crippen molar-refractivity contribution in [2.75, 3.05) is 13.2 Å². The van der Waals surface area contributed by atoms with Gasteiger partial charge in [-0.3, -0.25) is 9.59 Å². The molecule has 0 bridgehead atoms. The maximum atomic E-state index is 12.5. The SMILES string of the molecule is CCCCCC/C=C\CCCCCCCC(=O)OCCCCCCCCCCCCCCCCCCCCCCCCCCCCCC(=O)NC(CO)C(O)CCCCCCCCCCCCCCCCC. The molecule has 0 saturated carbocycles. The lowest BCUT2D eigenvalue weighted by Gasteiger charge is -2.22. The molecule has 0 heterocycles. The predicted molar refractivity (Wildman–Crippen MR) is 315 cm³/mol. The third-order valence-corrected chi connectivity index (χ3v) is 15.6. The average molecular weight is 1020 g/mol. The molecule has 0 saturated heterocycles. The molecule has 72 heavy (non-hydrogen) atoms. The molecule has 0 aliphatic carbocycles. The van der Waals surface area contributed by atoms with Crippen LogP contribution in [-0.2, 0) is 14.3 Å². The van der Waals surface area contributed by atoms with Gasteiger partial charge in [0, 0.05) is 12.8 Å². The van der Waals surface area contributed by atoms with Gasteiger partial charge in [0.25, 0.3) is 0 Å². The molecule has 0 rings (SSSR count). The second-order valence-corrected chi connectivity index (χ2v) is 22.8. The van der Waals surface area contributed by atoms with Gasteiger partial charge in [-0.25, -0.2) is 0 Å². The van der Waals surface area contributed by atoms with E-state index in [1.807, 2.05) is 0 Å². The molecule has 2 atom stereocenters. The Bertz CT molecular complexity index is 1080. The van der Waals surface area contributed by atoms with E-state index in [0.717, 1.165) is 44.9 Å². The molecule has 0 aliphatic rings. The monoisotopic (exact) mass is 1020 g/mol. The normalized spacial score (nSPS) is 12.6. The van der Waals surface area contributed by atoms with Gasteiger partial charge in [-0.05, 0) is 51.4 Å². The van der Waals surface area contributed by atoms with Crippen LogP contribution in [0, 0.1) is 0 Å². The Labute approximate surface area is 450 Å². The van der Waals surface area contributed by atoms with Gasteiger partial charge in [0.1, 0.15) is 0 Å². The third kappa shape index (κ3) is 57.9. The Morgan fingerprint density at radius 3 is 1.00 bits per heavy atom. The van der Waals surface area contributed by atoms with Gasteiger partial charge in [-0.2, -0.15) is 0 Å². The zero-order valence-corrected chi connectivity index (χ0v) is 48.9. The van der Waals surface area contributed by atoms with Gasteiger partial charge in [0.2, 0.25) is 5.91 Å². The van der Waals surface area contributed by atoms with Crippen molar-refractivity contribution in [2.24, 2.45) is 0 Å². The van der Waals surface area contributed by atoms with Crippen LogP contribution < -0.4 is 5.32 Å². The topological polar surface area (TPSA) is 95.9 Å². The van der Waals surface area contributed by atoms with Crippen molar-refractivity contribution in [2.45, 2.75) is 386 Å². The summed E-state index contributed by atoms with van der Waals surface area (Å²) >= 11 is 0. The summed E-state index contributed by atoms with van der Waals surface area (Å²) in [6.45, 7) is 4.97. The molecular formula is C66H129NO5. The summed E-state index contributed by atoms with van der Waals surface area (Å²) in [6.07, 6.45) is 75.3. The molecule has 2 unspecified atom stereocenters. The summed E-state index contributed by atoms with van der Waals surface area (Å²) in [5, 5.41) is 23.3. The Kier molecular flexibility index (Phi) is 60.9. The van der Waals surface area contributed by atoms with E-state index < -0.39 is 12.1 Å². The summed E-state index contributed by atoms with van der Waals surface area (Å²) in [5.41, 5.74) is 0. The molecule has 3 N–H and O–H groups in total. The minimum Gasteiger partial charge on any atom is -0.466 e. The molecule has 0 fully saturated rings. The molecule has 1 amide bonds. The zero-order chi connectivity index (χ0) is 52.2. The molecule has 0 radical (unpaired) electrons. The molecular weight excluding hydrogens is 887 g/mol. The Morgan fingerprint density at radius 2 is 0.653 bits per heavy atom. The van der Waals surface area contributed by atoms with E-state index in [1.54, 1.807) is 0 Å². The average Bonchev–Trinajstić information content (AvgIpc) is 3.38. The number of unbranched alkanes of at least 4 members (excludes halogenated alkanes) is 49. The summed E-state index contributed by atoms with van der Waals surface area (Å²) in [6, 6.07) is -0.538. The molecule has 0 aromatic rings. The number of rotatable bonds is 62. The van der Waals surface area contributed by atoms with Crippen LogP contribution in [0.2, 0.25) is 0 Å². The molecule has 0 spiro atoms. The van der Waals surface area contributed by atoms with Gasteiger partial charge in [0.15, 0.2) is 0 Å². The highest BCUT2D eigenvalue weighted by Crippen LogP contribution is 2.19. The summed E-state index contributed by atoms with van der Waals surface area (Å²) in [4.78, 5) is 24.5. The standard InChI is InChI=1S/C66H129NO5/c1-3-5-7-9-11-13-15-17-31-35-38-42-46-50-54-58-64(69)63(62-68)67-65(70)59-55-51-47-43-39-36-32-29-27-25-23-21-19-18-20-22-24-26-28-30-33-37-41-45-49-53-57-61-72-66(71)60-56-52-48-44-40-34-16-14-12-10-8-6-4-2/h14,16,63-64,68-69H,3-13,15,17-62H2,1-2H3,(H,67,70)/b16-14-. The number of carbonyl (C=O) groups is 2. The van der Waals surface area contributed by atoms with Crippen LogP contribution in [0.1, 0.15) is 373 Å². The number of allylic oxidation sites excluding steroid dienone is 2. The summed E-state index contributed by atoms with van der Waals surface area (Å²) in [7, 11) is 0. The molecule has 6 nitrogen and oxygen atoms in total. The van der Waals surface area contributed by atoms with Crippen molar-refractivity contribution in [3.05, 3.63) is 12.2 Å². The number of carbonyl (C=O) groups excluding carboxylic acids is 2. The van der Waals surface area contributed by atoms with Crippen LogP contribution >= 0.6 is 0 Å². The highest BCUT2D eigenvalue weighted by atomic mass is 16.5. The van der Waals surface area contributed by atoms with Gasteiger partial charge >= 0.3 is 5.97 Å². The number of nitrogens with one attached hydrogen (secondary N) is 1. The highest BCUT2D eigenvalue weighted by Gasteiger charge is 2.20. The number of amides is 1. The largest absolute Gasteiger partial charge is 0.466 e. The second-order valence-electron chi connectivity index (χ2n) is 22.8. The molecule has 0 aliphatic heterocycles. The number of hydrogen-bond donors (Lipinski definition) is 3. The van der Waals surface area contributed by atoms with Gasteiger partial charge < -0.3 is 20.3 Å². The fraction of sp³-hybridized carbons (Fsp3) is 0.939. The number of esters is 1. The lowest BCUT2D eigenvalue weighted by molar-refractivity contribution is -0.143. The van der Waals surface area contributed by atoms with Crippen LogP contribution in [0.25, 0.3) is 0 Å². The number of hydrogen-bond acceptors (Lipinski definition) is 5. The zero-order valence-electron chi connectivity index (χ0n) is 48.9. The van der Waals surface area contributed by atoms with Crippen LogP contribution in [0.3, 0.4) is 0 Å². The van der Waals surface area contributed by atoms with E-state index in [4.69, 9.17) is 4.74 Å². The first-order valence-electron chi connectivity index (χ1n) is 32.9. The van der Waals surface area contributed by atoms with Gasteiger partial charge in [-0.15, -0.1) is 0 Å². The van der Waals surface area contributed by atoms with Crippen LogP contribution in [0.15, 0.2) is 12.2 Å². The maximum Gasteiger partial charge on any atom is 0.305 e. The Hall–Kier alpha value is -1.40.